The first kappa shape index (κ1) is 15.2. The standard InChI is InChI=1S/C24H19NO/c1-14-8-9-19(21-10-15(2)16(3)13-25-21)24-23(14)20-11-17-6-4-5-7-18(17)12-22(20)26-24/h4-13H,1-3H3. The molecule has 0 N–H and O–H groups in total. The Balaban J connectivity index is 1.89. The number of pyridine rings is 1. The fraction of sp³-hybridized carbons (Fsp3) is 0.125. The molecule has 0 spiro atoms. The van der Waals surface area contributed by atoms with E-state index in [1.54, 1.807) is 0 Å². The van der Waals surface area contributed by atoms with Gasteiger partial charge in [0.15, 0.2) is 0 Å². The molecule has 2 nitrogen and oxygen atoms in total. The van der Waals surface area contributed by atoms with Crippen LogP contribution in [0.1, 0.15) is 16.7 Å². The summed E-state index contributed by atoms with van der Waals surface area (Å²) in [5.74, 6) is 0. The van der Waals surface area contributed by atoms with Crippen LogP contribution in [0.15, 0.2) is 65.2 Å². The molecule has 3 aromatic carbocycles. The van der Waals surface area contributed by atoms with Crippen LogP contribution in [0.2, 0.25) is 0 Å². The summed E-state index contributed by atoms with van der Waals surface area (Å²) in [6.45, 7) is 6.35. The highest BCUT2D eigenvalue weighted by molar-refractivity contribution is 6.14. The van der Waals surface area contributed by atoms with E-state index in [4.69, 9.17) is 4.42 Å². The third-order valence-corrected chi connectivity index (χ3v) is 5.34. The van der Waals surface area contributed by atoms with E-state index in [-0.39, 0.29) is 0 Å². The number of rotatable bonds is 1. The van der Waals surface area contributed by atoms with Gasteiger partial charge in [0.25, 0.3) is 0 Å². The smallest absolute Gasteiger partial charge is 0.145 e. The molecule has 0 saturated heterocycles. The lowest BCUT2D eigenvalue weighted by molar-refractivity contribution is 0.670. The van der Waals surface area contributed by atoms with E-state index in [0.29, 0.717) is 0 Å². The van der Waals surface area contributed by atoms with Crippen LogP contribution in [0.25, 0.3) is 44.0 Å². The molecule has 2 heterocycles. The van der Waals surface area contributed by atoms with Crippen molar-refractivity contribution in [2.75, 3.05) is 0 Å². The fourth-order valence-corrected chi connectivity index (χ4v) is 3.70. The SMILES string of the molecule is Cc1cnc(-c2ccc(C)c3c2oc2cc4ccccc4cc23)cc1C. The Morgan fingerprint density at radius 2 is 1.54 bits per heavy atom. The molecule has 0 saturated carbocycles. The predicted molar refractivity (Wildman–Crippen MR) is 109 cm³/mol. The molecule has 0 aliphatic carbocycles. The third-order valence-electron chi connectivity index (χ3n) is 5.34. The Morgan fingerprint density at radius 1 is 0.769 bits per heavy atom. The second-order valence-corrected chi connectivity index (χ2v) is 7.09. The summed E-state index contributed by atoms with van der Waals surface area (Å²) < 4.78 is 6.36. The number of hydrogen-bond acceptors (Lipinski definition) is 2. The molecule has 126 valence electrons. The summed E-state index contributed by atoms with van der Waals surface area (Å²) in [4.78, 5) is 4.65. The lowest BCUT2D eigenvalue weighted by atomic mass is 9.99. The van der Waals surface area contributed by atoms with Crippen molar-refractivity contribution in [1.29, 1.82) is 0 Å². The van der Waals surface area contributed by atoms with E-state index in [0.717, 1.165) is 22.4 Å². The quantitative estimate of drug-likeness (QED) is 0.339. The average molecular weight is 337 g/mol. The molecular formula is C24H19NO. The van der Waals surface area contributed by atoms with Gasteiger partial charge in [0.05, 0.1) is 5.69 Å². The minimum absolute atomic E-state index is 0.922. The molecule has 0 atom stereocenters. The van der Waals surface area contributed by atoms with Gasteiger partial charge in [0.1, 0.15) is 11.2 Å². The summed E-state index contributed by atoms with van der Waals surface area (Å²) >= 11 is 0. The molecular weight excluding hydrogens is 318 g/mol. The zero-order valence-corrected chi connectivity index (χ0v) is 15.1. The molecule has 26 heavy (non-hydrogen) atoms. The first-order valence-electron chi connectivity index (χ1n) is 8.90. The van der Waals surface area contributed by atoms with Gasteiger partial charge in [-0.3, -0.25) is 4.98 Å². The average Bonchev–Trinajstić information content (AvgIpc) is 3.01. The summed E-state index contributed by atoms with van der Waals surface area (Å²) in [6.07, 6.45) is 1.94. The molecule has 2 aromatic heterocycles. The number of benzene rings is 3. The first-order valence-corrected chi connectivity index (χ1v) is 8.90. The van der Waals surface area contributed by atoms with Crippen LogP contribution in [0.3, 0.4) is 0 Å². The molecule has 0 fully saturated rings. The molecule has 0 bridgehead atoms. The summed E-state index contributed by atoms with van der Waals surface area (Å²) in [6, 6.07) is 19.2. The zero-order valence-electron chi connectivity index (χ0n) is 15.1. The Labute approximate surface area is 152 Å². The van der Waals surface area contributed by atoms with Crippen molar-refractivity contribution in [2.24, 2.45) is 0 Å². The molecule has 5 aromatic rings. The number of aromatic nitrogens is 1. The molecule has 0 aliphatic rings. The summed E-state index contributed by atoms with van der Waals surface area (Å²) in [5, 5.41) is 4.78. The van der Waals surface area contributed by atoms with Crippen LogP contribution in [0.5, 0.6) is 0 Å². The minimum atomic E-state index is 0.922. The third kappa shape index (κ3) is 2.15. The Bertz CT molecular complexity index is 1310. The predicted octanol–water partition coefficient (Wildman–Crippen LogP) is 6.73. The van der Waals surface area contributed by atoms with Gasteiger partial charge in [-0.05, 0) is 72.5 Å². The van der Waals surface area contributed by atoms with Crippen LogP contribution in [0.4, 0.5) is 0 Å². The van der Waals surface area contributed by atoms with E-state index < -0.39 is 0 Å². The second kappa shape index (κ2) is 5.43. The number of fused-ring (bicyclic) bond motifs is 4. The van der Waals surface area contributed by atoms with Crippen molar-refractivity contribution in [3.8, 4) is 11.3 Å². The second-order valence-electron chi connectivity index (χ2n) is 7.09. The van der Waals surface area contributed by atoms with E-state index >= 15 is 0 Å². The van der Waals surface area contributed by atoms with Crippen LogP contribution in [-0.2, 0) is 0 Å². The number of hydrogen-bond donors (Lipinski definition) is 0. The Morgan fingerprint density at radius 3 is 2.31 bits per heavy atom. The normalized spacial score (nSPS) is 11.7. The van der Waals surface area contributed by atoms with Gasteiger partial charge in [-0.2, -0.15) is 0 Å². The lowest BCUT2D eigenvalue weighted by Gasteiger charge is -2.06. The van der Waals surface area contributed by atoms with Crippen molar-refractivity contribution in [3.63, 3.8) is 0 Å². The van der Waals surface area contributed by atoms with Gasteiger partial charge in [-0.1, -0.05) is 30.3 Å². The van der Waals surface area contributed by atoms with E-state index in [9.17, 15) is 0 Å². The largest absolute Gasteiger partial charge is 0.455 e. The van der Waals surface area contributed by atoms with Gasteiger partial charge >= 0.3 is 0 Å². The van der Waals surface area contributed by atoms with Gasteiger partial charge in [0, 0.05) is 22.5 Å². The highest BCUT2D eigenvalue weighted by Gasteiger charge is 2.16. The van der Waals surface area contributed by atoms with E-state index in [2.05, 4.69) is 80.4 Å². The molecule has 2 heteroatoms. The molecule has 0 aliphatic heterocycles. The van der Waals surface area contributed by atoms with Crippen molar-refractivity contribution in [2.45, 2.75) is 20.8 Å². The minimum Gasteiger partial charge on any atom is -0.455 e. The molecule has 5 rings (SSSR count). The van der Waals surface area contributed by atoms with Crippen LogP contribution >= 0.6 is 0 Å². The van der Waals surface area contributed by atoms with Gasteiger partial charge in [0.2, 0.25) is 0 Å². The van der Waals surface area contributed by atoms with Gasteiger partial charge < -0.3 is 4.42 Å². The zero-order chi connectivity index (χ0) is 17.8. The van der Waals surface area contributed by atoms with Crippen molar-refractivity contribution >= 4 is 32.7 Å². The van der Waals surface area contributed by atoms with Crippen molar-refractivity contribution in [3.05, 3.63) is 77.5 Å². The van der Waals surface area contributed by atoms with E-state index in [1.165, 1.54) is 38.2 Å². The lowest BCUT2D eigenvalue weighted by Crippen LogP contribution is -1.89. The maximum Gasteiger partial charge on any atom is 0.145 e. The van der Waals surface area contributed by atoms with Crippen LogP contribution < -0.4 is 0 Å². The van der Waals surface area contributed by atoms with Crippen LogP contribution in [-0.4, -0.2) is 4.98 Å². The highest BCUT2D eigenvalue weighted by atomic mass is 16.3. The summed E-state index contributed by atoms with van der Waals surface area (Å²) in [5.41, 5.74) is 7.53. The Hall–Kier alpha value is -3.13. The Kier molecular flexibility index (Phi) is 3.17. The number of nitrogens with zero attached hydrogens (tertiary/aromatic N) is 1. The van der Waals surface area contributed by atoms with Gasteiger partial charge in [-0.15, -0.1) is 0 Å². The maximum absolute atomic E-state index is 6.36. The highest BCUT2D eigenvalue weighted by Crippen LogP contribution is 2.39. The van der Waals surface area contributed by atoms with Crippen LogP contribution in [0, 0.1) is 20.8 Å². The first-order chi connectivity index (χ1) is 12.6. The number of aryl methyl sites for hydroxylation is 3. The molecule has 0 unspecified atom stereocenters. The monoisotopic (exact) mass is 337 g/mol. The maximum atomic E-state index is 6.36. The fourth-order valence-electron chi connectivity index (χ4n) is 3.70. The number of furan rings is 1. The van der Waals surface area contributed by atoms with Crippen molar-refractivity contribution < 1.29 is 4.42 Å². The molecule has 0 radical (unpaired) electrons. The van der Waals surface area contributed by atoms with E-state index in [1.807, 2.05) is 6.20 Å². The summed E-state index contributed by atoms with van der Waals surface area (Å²) in [7, 11) is 0. The van der Waals surface area contributed by atoms with Crippen molar-refractivity contribution in [1.82, 2.24) is 4.98 Å². The topological polar surface area (TPSA) is 26.0 Å². The molecule has 0 amide bonds. The van der Waals surface area contributed by atoms with Gasteiger partial charge in [-0.25, -0.2) is 0 Å².